The highest BCUT2D eigenvalue weighted by molar-refractivity contribution is 9.10. The molecule has 3 rings (SSSR count). The molecule has 0 bridgehead atoms. The summed E-state index contributed by atoms with van der Waals surface area (Å²) in [5.74, 6) is 1.74. The third-order valence-electron chi connectivity index (χ3n) is 2.97. The molecule has 94 valence electrons. The van der Waals surface area contributed by atoms with Gasteiger partial charge in [-0.3, -0.25) is 5.10 Å². The van der Waals surface area contributed by atoms with Crippen LogP contribution in [0.25, 0.3) is 11.3 Å². The van der Waals surface area contributed by atoms with E-state index >= 15 is 0 Å². The molecule has 0 unspecified atom stereocenters. The number of aromatic amines is 1. The van der Waals surface area contributed by atoms with Crippen molar-refractivity contribution in [3.63, 3.8) is 0 Å². The molecule has 2 aromatic rings. The van der Waals surface area contributed by atoms with Crippen molar-refractivity contribution >= 4 is 21.7 Å². The van der Waals surface area contributed by atoms with E-state index in [0.717, 1.165) is 27.3 Å². The lowest BCUT2D eigenvalue weighted by Gasteiger charge is -2.04. The number of H-pyrrole nitrogens is 1. The molecule has 1 aromatic carbocycles. The fourth-order valence-electron chi connectivity index (χ4n) is 1.81. The molecule has 5 heteroatoms. The Morgan fingerprint density at radius 3 is 2.89 bits per heavy atom. The van der Waals surface area contributed by atoms with E-state index in [0.29, 0.717) is 6.04 Å². The zero-order chi connectivity index (χ0) is 12.5. The number of nitrogens with one attached hydrogen (secondary N) is 2. The molecule has 1 heterocycles. The van der Waals surface area contributed by atoms with Gasteiger partial charge in [0.2, 0.25) is 0 Å². The fourth-order valence-corrected chi connectivity index (χ4v) is 2.35. The summed E-state index contributed by atoms with van der Waals surface area (Å²) in [7, 11) is 1.66. The van der Waals surface area contributed by atoms with Crippen molar-refractivity contribution in [1.82, 2.24) is 10.2 Å². The maximum absolute atomic E-state index is 5.22. The summed E-state index contributed by atoms with van der Waals surface area (Å²) in [5.41, 5.74) is 2.08. The van der Waals surface area contributed by atoms with Crippen molar-refractivity contribution in [2.45, 2.75) is 18.9 Å². The number of aromatic nitrogens is 2. The maximum atomic E-state index is 5.22. The van der Waals surface area contributed by atoms with Crippen LogP contribution in [0.5, 0.6) is 5.75 Å². The number of rotatable bonds is 4. The maximum Gasteiger partial charge on any atom is 0.148 e. The quantitative estimate of drug-likeness (QED) is 0.910. The second-order valence-corrected chi connectivity index (χ2v) is 5.29. The molecule has 1 aliphatic rings. The van der Waals surface area contributed by atoms with Gasteiger partial charge >= 0.3 is 0 Å². The Balaban J connectivity index is 1.84. The van der Waals surface area contributed by atoms with E-state index in [1.807, 2.05) is 24.3 Å². The second-order valence-electron chi connectivity index (χ2n) is 4.43. The Kier molecular flexibility index (Phi) is 2.99. The van der Waals surface area contributed by atoms with Crippen LogP contribution >= 0.6 is 15.9 Å². The Labute approximate surface area is 114 Å². The third-order valence-corrected chi connectivity index (χ3v) is 3.59. The number of anilines is 1. The highest BCUT2D eigenvalue weighted by atomic mass is 79.9. The number of nitrogens with zero attached hydrogens (tertiary/aromatic N) is 1. The Bertz CT molecular complexity index is 563. The molecule has 1 fully saturated rings. The van der Waals surface area contributed by atoms with Crippen LogP contribution in [0.2, 0.25) is 0 Å². The SMILES string of the molecule is COc1ccc(-c2cc(NC3CC3)n[nH]2)cc1Br. The van der Waals surface area contributed by atoms with E-state index in [1.165, 1.54) is 12.8 Å². The smallest absolute Gasteiger partial charge is 0.148 e. The molecule has 4 nitrogen and oxygen atoms in total. The van der Waals surface area contributed by atoms with Crippen molar-refractivity contribution in [2.24, 2.45) is 0 Å². The van der Waals surface area contributed by atoms with E-state index in [2.05, 4.69) is 31.4 Å². The lowest BCUT2D eigenvalue weighted by Crippen LogP contribution is -2.00. The summed E-state index contributed by atoms with van der Waals surface area (Å²) in [4.78, 5) is 0. The van der Waals surface area contributed by atoms with Gasteiger partial charge in [0.25, 0.3) is 0 Å². The number of hydrogen-bond acceptors (Lipinski definition) is 3. The molecule has 1 saturated carbocycles. The van der Waals surface area contributed by atoms with Gasteiger partial charge in [0.15, 0.2) is 0 Å². The van der Waals surface area contributed by atoms with Gasteiger partial charge in [-0.1, -0.05) is 0 Å². The first kappa shape index (κ1) is 11.6. The van der Waals surface area contributed by atoms with Crippen LogP contribution in [0, 0.1) is 0 Å². The summed E-state index contributed by atoms with van der Waals surface area (Å²) in [6.45, 7) is 0. The first-order valence-corrected chi connectivity index (χ1v) is 6.71. The summed E-state index contributed by atoms with van der Waals surface area (Å²) in [5, 5.41) is 10.7. The van der Waals surface area contributed by atoms with E-state index in [1.54, 1.807) is 7.11 Å². The molecule has 1 aromatic heterocycles. The molecular weight excluding hydrogens is 294 g/mol. The van der Waals surface area contributed by atoms with E-state index in [9.17, 15) is 0 Å². The van der Waals surface area contributed by atoms with E-state index in [-0.39, 0.29) is 0 Å². The number of halogens is 1. The molecule has 18 heavy (non-hydrogen) atoms. The highest BCUT2D eigenvalue weighted by Crippen LogP contribution is 2.31. The van der Waals surface area contributed by atoms with Crippen molar-refractivity contribution in [2.75, 3.05) is 12.4 Å². The number of methoxy groups -OCH3 is 1. The van der Waals surface area contributed by atoms with Gasteiger partial charge < -0.3 is 10.1 Å². The predicted molar refractivity (Wildman–Crippen MR) is 74.9 cm³/mol. The van der Waals surface area contributed by atoms with Gasteiger partial charge in [-0.05, 0) is 47.0 Å². The monoisotopic (exact) mass is 307 g/mol. The van der Waals surface area contributed by atoms with Crippen LogP contribution < -0.4 is 10.1 Å². The van der Waals surface area contributed by atoms with Crippen LogP contribution in [0.1, 0.15) is 12.8 Å². The predicted octanol–water partition coefficient (Wildman–Crippen LogP) is 3.42. The zero-order valence-corrected chi connectivity index (χ0v) is 11.6. The standard InChI is InChI=1S/C13H14BrN3O/c1-18-12-5-2-8(6-10(12)14)11-7-13(17-16-11)15-9-3-4-9/h2,5-7,9H,3-4H2,1H3,(H2,15,16,17). The lowest BCUT2D eigenvalue weighted by atomic mass is 10.1. The topological polar surface area (TPSA) is 49.9 Å². The summed E-state index contributed by atoms with van der Waals surface area (Å²) >= 11 is 3.49. The third kappa shape index (κ3) is 2.36. The van der Waals surface area contributed by atoms with Gasteiger partial charge in [-0.15, -0.1) is 0 Å². The minimum absolute atomic E-state index is 0.615. The second kappa shape index (κ2) is 4.65. The van der Waals surface area contributed by atoms with Crippen molar-refractivity contribution in [3.8, 4) is 17.0 Å². The van der Waals surface area contributed by atoms with E-state index < -0.39 is 0 Å². The van der Waals surface area contributed by atoms with Gasteiger partial charge in [0.1, 0.15) is 11.6 Å². The minimum atomic E-state index is 0.615. The average Bonchev–Trinajstić information content (AvgIpc) is 3.05. The fraction of sp³-hybridized carbons (Fsp3) is 0.308. The molecule has 0 radical (unpaired) electrons. The molecule has 0 saturated heterocycles. The summed E-state index contributed by atoms with van der Waals surface area (Å²) in [6, 6.07) is 8.62. The highest BCUT2D eigenvalue weighted by Gasteiger charge is 2.21. The zero-order valence-electron chi connectivity index (χ0n) is 10.0. The van der Waals surface area contributed by atoms with Gasteiger partial charge in [0.05, 0.1) is 17.3 Å². The van der Waals surface area contributed by atoms with Crippen molar-refractivity contribution < 1.29 is 4.74 Å². The van der Waals surface area contributed by atoms with Crippen LogP contribution in [-0.4, -0.2) is 23.3 Å². The number of hydrogen-bond donors (Lipinski definition) is 2. The first-order valence-electron chi connectivity index (χ1n) is 5.92. The van der Waals surface area contributed by atoms with Crippen LogP contribution in [0.3, 0.4) is 0 Å². The molecule has 0 amide bonds. The van der Waals surface area contributed by atoms with Crippen LogP contribution in [-0.2, 0) is 0 Å². The molecular formula is C13H14BrN3O. The minimum Gasteiger partial charge on any atom is -0.496 e. The van der Waals surface area contributed by atoms with Gasteiger partial charge in [-0.25, -0.2) is 0 Å². The Morgan fingerprint density at radius 1 is 1.39 bits per heavy atom. The number of benzene rings is 1. The Hall–Kier alpha value is -1.49. The molecule has 1 aliphatic carbocycles. The summed E-state index contributed by atoms with van der Waals surface area (Å²) < 4.78 is 6.16. The van der Waals surface area contributed by atoms with Gasteiger partial charge in [-0.2, -0.15) is 5.10 Å². The lowest BCUT2D eigenvalue weighted by molar-refractivity contribution is 0.412. The van der Waals surface area contributed by atoms with Crippen molar-refractivity contribution in [3.05, 3.63) is 28.7 Å². The van der Waals surface area contributed by atoms with Crippen molar-refractivity contribution in [1.29, 1.82) is 0 Å². The molecule has 0 atom stereocenters. The molecule has 0 spiro atoms. The summed E-state index contributed by atoms with van der Waals surface area (Å²) in [6.07, 6.45) is 2.49. The first-order chi connectivity index (χ1) is 8.76. The van der Waals surface area contributed by atoms with Crippen LogP contribution in [0.15, 0.2) is 28.7 Å². The van der Waals surface area contributed by atoms with E-state index in [4.69, 9.17) is 4.74 Å². The molecule has 2 N–H and O–H groups in total. The number of ether oxygens (including phenoxy) is 1. The van der Waals surface area contributed by atoms with Gasteiger partial charge in [0, 0.05) is 17.7 Å². The van der Waals surface area contributed by atoms with Crippen LogP contribution in [0.4, 0.5) is 5.82 Å². The average molecular weight is 308 g/mol. The Morgan fingerprint density at radius 2 is 2.22 bits per heavy atom. The normalized spacial score (nSPS) is 14.6. The molecule has 0 aliphatic heterocycles. The largest absolute Gasteiger partial charge is 0.496 e.